The van der Waals surface area contributed by atoms with E-state index < -0.39 is 19.7 Å². The summed E-state index contributed by atoms with van der Waals surface area (Å²) in [4.78, 5) is 9.03. The van der Waals surface area contributed by atoms with Gasteiger partial charge in [-0.05, 0) is 81.0 Å². The molecule has 0 unspecified atom stereocenters. The summed E-state index contributed by atoms with van der Waals surface area (Å²) in [7, 11) is -4.51. The van der Waals surface area contributed by atoms with Crippen LogP contribution in [0.15, 0.2) is 54.7 Å². The summed E-state index contributed by atoms with van der Waals surface area (Å²) < 4.78 is 56.8. The largest absolute Gasteiger partial charge is 0.494 e. The Hall–Kier alpha value is -3.13. The number of alkyl halides is 2. The minimum absolute atomic E-state index is 0.00160. The highest BCUT2D eigenvalue weighted by molar-refractivity contribution is 7.55. The molecule has 0 radical (unpaired) electrons. The van der Waals surface area contributed by atoms with Crippen molar-refractivity contribution >= 4 is 35.2 Å². The van der Waals surface area contributed by atoms with Crippen molar-refractivity contribution in [1.29, 1.82) is 0 Å². The molecule has 4 aromatic rings. The minimum Gasteiger partial charge on any atom is -0.494 e. The van der Waals surface area contributed by atoms with Gasteiger partial charge in [-0.1, -0.05) is 24.3 Å². The van der Waals surface area contributed by atoms with Crippen LogP contribution in [-0.2, 0) is 26.5 Å². The van der Waals surface area contributed by atoms with Crippen molar-refractivity contribution in [2.45, 2.75) is 52.1 Å². The number of aryl methyl sites for hydroxylation is 3. The van der Waals surface area contributed by atoms with E-state index in [0.717, 1.165) is 45.8 Å². The number of para-hydroxylation sites is 1. The second-order valence-corrected chi connectivity index (χ2v) is 11.5. The van der Waals surface area contributed by atoms with Gasteiger partial charge in [-0.15, -0.1) is 0 Å². The van der Waals surface area contributed by atoms with Gasteiger partial charge in [0.25, 0.3) is 0 Å². The molecule has 0 saturated carbocycles. The highest BCUT2D eigenvalue weighted by atomic mass is 31.2. The molecule has 208 valence electrons. The number of nitrogen functional groups attached to an aromatic ring is 1. The third kappa shape index (κ3) is 6.55. The third-order valence-corrected chi connectivity index (χ3v) is 8.73. The first-order valence-corrected chi connectivity index (χ1v) is 14.6. The first kappa shape index (κ1) is 28.9. The lowest BCUT2D eigenvalue weighted by atomic mass is 9.99. The van der Waals surface area contributed by atoms with Crippen molar-refractivity contribution in [3.8, 4) is 5.75 Å². The molecule has 39 heavy (non-hydrogen) atoms. The van der Waals surface area contributed by atoms with Crippen LogP contribution < -0.4 is 10.5 Å². The SMILES string of the molecule is CCOP(=O)(OCC)C(F)(F)CCCOc1ccc(CCc2cnc3c(N)nc4ccccc4c3c2)c(C)c1. The van der Waals surface area contributed by atoms with E-state index in [0.29, 0.717) is 17.1 Å². The maximum Gasteiger partial charge on any atom is 0.399 e. The Labute approximate surface area is 227 Å². The van der Waals surface area contributed by atoms with Crippen LogP contribution in [0.1, 0.15) is 43.4 Å². The average Bonchev–Trinajstić information content (AvgIpc) is 2.91. The predicted molar refractivity (Wildman–Crippen MR) is 151 cm³/mol. The number of fused-ring (bicyclic) bond motifs is 3. The fourth-order valence-corrected chi connectivity index (χ4v) is 6.10. The second-order valence-electron chi connectivity index (χ2n) is 9.29. The van der Waals surface area contributed by atoms with Crippen molar-refractivity contribution < 1.29 is 27.1 Å². The number of hydrogen-bond acceptors (Lipinski definition) is 7. The van der Waals surface area contributed by atoms with Gasteiger partial charge in [-0.3, -0.25) is 9.55 Å². The molecular weight excluding hydrogens is 523 g/mol. The van der Waals surface area contributed by atoms with Crippen molar-refractivity contribution in [2.24, 2.45) is 0 Å². The molecule has 4 rings (SSSR count). The highest BCUT2D eigenvalue weighted by Crippen LogP contribution is 2.63. The number of benzene rings is 2. The van der Waals surface area contributed by atoms with Gasteiger partial charge in [0.05, 0.1) is 25.3 Å². The Morgan fingerprint density at radius 2 is 1.74 bits per heavy atom. The smallest absolute Gasteiger partial charge is 0.399 e. The number of ether oxygens (including phenoxy) is 1. The van der Waals surface area contributed by atoms with Crippen LogP contribution in [0, 0.1) is 6.92 Å². The van der Waals surface area contributed by atoms with Gasteiger partial charge in [-0.2, -0.15) is 8.78 Å². The number of nitrogens with zero attached hydrogens (tertiary/aromatic N) is 2. The zero-order valence-electron chi connectivity index (χ0n) is 22.5. The van der Waals surface area contributed by atoms with Gasteiger partial charge in [0.2, 0.25) is 0 Å². The number of hydrogen-bond donors (Lipinski definition) is 1. The Kier molecular flexibility index (Phi) is 9.15. The molecule has 0 aliphatic rings. The van der Waals surface area contributed by atoms with E-state index in [1.165, 1.54) is 13.8 Å². The Bertz CT molecular complexity index is 1490. The zero-order chi connectivity index (χ0) is 28.0. The average molecular weight is 558 g/mol. The number of halogens is 2. The molecule has 2 N–H and O–H groups in total. The maximum atomic E-state index is 14.5. The Balaban J connectivity index is 1.35. The van der Waals surface area contributed by atoms with Gasteiger partial charge in [0.15, 0.2) is 5.82 Å². The molecule has 0 bridgehead atoms. The summed E-state index contributed by atoms with van der Waals surface area (Å²) in [6.45, 7) is 4.83. The fourth-order valence-electron chi connectivity index (χ4n) is 4.53. The van der Waals surface area contributed by atoms with Crippen molar-refractivity contribution in [1.82, 2.24) is 9.97 Å². The van der Waals surface area contributed by atoms with Crippen molar-refractivity contribution in [2.75, 3.05) is 25.6 Å². The Morgan fingerprint density at radius 1 is 1.00 bits per heavy atom. The van der Waals surface area contributed by atoms with E-state index in [4.69, 9.17) is 19.5 Å². The van der Waals surface area contributed by atoms with Gasteiger partial charge in [0.1, 0.15) is 11.3 Å². The fraction of sp³-hybridized carbons (Fsp3) is 0.379. The lowest BCUT2D eigenvalue weighted by molar-refractivity contribution is 0.0271. The van der Waals surface area contributed by atoms with E-state index in [9.17, 15) is 13.3 Å². The van der Waals surface area contributed by atoms with Gasteiger partial charge >= 0.3 is 13.3 Å². The summed E-state index contributed by atoms with van der Waals surface area (Å²) in [6, 6.07) is 15.7. The molecule has 7 nitrogen and oxygen atoms in total. The monoisotopic (exact) mass is 557 g/mol. The number of nitrogens with two attached hydrogens (primary N) is 1. The molecule has 0 aliphatic carbocycles. The lowest BCUT2D eigenvalue weighted by Gasteiger charge is -2.25. The first-order valence-electron chi connectivity index (χ1n) is 13.1. The normalized spacial score (nSPS) is 12.3. The second kappa shape index (κ2) is 12.4. The van der Waals surface area contributed by atoms with E-state index >= 15 is 0 Å². The molecule has 0 aliphatic heterocycles. The highest BCUT2D eigenvalue weighted by Gasteiger charge is 2.52. The summed E-state index contributed by atoms with van der Waals surface area (Å²) in [5.41, 5.74) is 7.39. The molecule has 0 amide bonds. The zero-order valence-corrected chi connectivity index (χ0v) is 23.3. The number of anilines is 1. The van der Waals surface area contributed by atoms with Crippen LogP contribution in [0.2, 0.25) is 0 Å². The van der Waals surface area contributed by atoms with Crippen molar-refractivity contribution in [3.63, 3.8) is 0 Å². The summed E-state index contributed by atoms with van der Waals surface area (Å²) in [5.74, 6) is 1.02. The predicted octanol–water partition coefficient (Wildman–Crippen LogP) is 7.48. The number of aromatic nitrogens is 2. The Morgan fingerprint density at radius 3 is 2.46 bits per heavy atom. The molecular formula is C29H34F2N3O4P. The minimum atomic E-state index is -4.51. The van der Waals surface area contributed by atoms with E-state index in [2.05, 4.69) is 16.0 Å². The summed E-state index contributed by atoms with van der Waals surface area (Å²) in [6.07, 6.45) is 2.77. The third-order valence-electron chi connectivity index (χ3n) is 6.51. The summed E-state index contributed by atoms with van der Waals surface area (Å²) >= 11 is 0. The van der Waals surface area contributed by atoms with Crippen molar-refractivity contribution in [3.05, 3.63) is 71.4 Å². The molecule has 0 fully saturated rings. The number of pyridine rings is 2. The van der Waals surface area contributed by atoms with E-state index in [-0.39, 0.29) is 26.2 Å². The van der Waals surface area contributed by atoms with E-state index in [1.54, 1.807) is 0 Å². The molecule has 0 spiro atoms. The summed E-state index contributed by atoms with van der Waals surface area (Å²) in [5, 5.41) is 2.01. The lowest BCUT2D eigenvalue weighted by Crippen LogP contribution is -2.21. The van der Waals surface area contributed by atoms with Crippen LogP contribution in [0.3, 0.4) is 0 Å². The molecule has 10 heteroatoms. The van der Waals surface area contributed by atoms with E-state index in [1.807, 2.05) is 55.6 Å². The van der Waals surface area contributed by atoms with Crippen LogP contribution in [0.25, 0.3) is 21.8 Å². The van der Waals surface area contributed by atoms with Crippen LogP contribution in [0.4, 0.5) is 14.6 Å². The first-order chi connectivity index (χ1) is 18.7. The maximum absolute atomic E-state index is 14.5. The standard InChI is InChI=1S/C29H34F2N3O4P/c1-4-37-39(35,38-5-2)29(30,31)15-8-16-36-23-14-13-22(20(3)17-23)12-11-21-18-25-24-9-6-7-10-26(24)34-28(32)27(25)33-19-21/h6-7,9-10,13-14,17-19H,4-5,8,11-12,15-16H2,1-3H3,(H2,32,34). The molecule has 0 atom stereocenters. The van der Waals surface area contributed by atoms with Gasteiger partial charge in [-0.25, -0.2) is 4.98 Å². The molecule has 2 heterocycles. The topological polar surface area (TPSA) is 96.6 Å². The van der Waals surface area contributed by atoms with Crippen LogP contribution >= 0.6 is 7.60 Å². The van der Waals surface area contributed by atoms with Gasteiger partial charge < -0.3 is 19.5 Å². The van der Waals surface area contributed by atoms with Crippen LogP contribution in [0.5, 0.6) is 5.75 Å². The number of rotatable bonds is 13. The molecule has 2 aromatic heterocycles. The molecule has 0 saturated heterocycles. The quantitative estimate of drug-likeness (QED) is 0.103. The van der Waals surface area contributed by atoms with Gasteiger partial charge in [0, 0.05) is 23.4 Å². The molecule has 2 aromatic carbocycles. The van der Waals surface area contributed by atoms with Crippen LogP contribution in [-0.4, -0.2) is 35.5 Å².